The molecule has 0 spiro atoms. The Bertz CT molecular complexity index is 453. The smallest absolute Gasteiger partial charge is 0.0294 e. The maximum atomic E-state index is 4.01. The van der Waals surface area contributed by atoms with Crippen molar-refractivity contribution < 1.29 is 0 Å². The lowest BCUT2D eigenvalue weighted by Gasteiger charge is -2.14. The molecule has 1 aromatic heterocycles. The molecular formula is C14H15BrN2. The summed E-state index contributed by atoms with van der Waals surface area (Å²) in [5.74, 6) is 0. The summed E-state index contributed by atoms with van der Waals surface area (Å²) in [6, 6.07) is 12.8. The number of rotatable bonds is 4. The Morgan fingerprint density at radius 3 is 2.41 bits per heavy atom. The van der Waals surface area contributed by atoms with E-state index in [1.807, 2.05) is 24.5 Å². The number of benzene rings is 1. The molecule has 1 aromatic carbocycles. The Kier molecular flexibility index (Phi) is 4.29. The highest BCUT2D eigenvalue weighted by Crippen LogP contribution is 2.16. The highest BCUT2D eigenvalue weighted by atomic mass is 79.9. The standard InChI is InChI=1S/C14H15BrN2/c1-11(13-2-4-14(15)5-3-13)17-10-12-6-8-16-9-7-12/h2-9,11,17H,10H2,1H3/t11-/m0/s1. The van der Waals surface area contributed by atoms with E-state index in [4.69, 9.17) is 0 Å². The number of pyridine rings is 1. The van der Waals surface area contributed by atoms with E-state index in [9.17, 15) is 0 Å². The molecule has 3 heteroatoms. The zero-order chi connectivity index (χ0) is 12.1. The lowest BCUT2D eigenvalue weighted by Crippen LogP contribution is -2.17. The van der Waals surface area contributed by atoms with Crippen molar-refractivity contribution in [2.45, 2.75) is 19.5 Å². The van der Waals surface area contributed by atoms with E-state index in [2.05, 4.69) is 57.4 Å². The number of hydrogen-bond donors (Lipinski definition) is 1. The average molecular weight is 291 g/mol. The van der Waals surface area contributed by atoms with Crippen LogP contribution in [0.5, 0.6) is 0 Å². The Morgan fingerprint density at radius 1 is 1.12 bits per heavy atom. The van der Waals surface area contributed by atoms with Gasteiger partial charge in [0.25, 0.3) is 0 Å². The van der Waals surface area contributed by atoms with Crippen LogP contribution in [0.25, 0.3) is 0 Å². The van der Waals surface area contributed by atoms with Crippen molar-refractivity contribution in [2.24, 2.45) is 0 Å². The van der Waals surface area contributed by atoms with Gasteiger partial charge < -0.3 is 5.32 Å². The third-order valence-electron chi connectivity index (χ3n) is 2.73. The van der Waals surface area contributed by atoms with Gasteiger partial charge in [0.05, 0.1) is 0 Å². The van der Waals surface area contributed by atoms with Crippen molar-refractivity contribution in [3.05, 3.63) is 64.4 Å². The number of hydrogen-bond acceptors (Lipinski definition) is 2. The van der Waals surface area contributed by atoms with Crippen molar-refractivity contribution in [2.75, 3.05) is 0 Å². The summed E-state index contributed by atoms with van der Waals surface area (Å²) >= 11 is 3.44. The Balaban J connectivity index is 1.93. The predicted molar refractivity (Wildman–Crippen MR) is 73.6 cm³/mol. The van der Waals surface area contributed by atoms with Gasteiger partial charge in [0.2, 0.25) is 0 Å². The van der Waals surface area contributed by atoms with Crippen LogP contribution in [0.2, 0.25) is 0 Å². The Morgan fingerprint density at radius 2 is 1.76 bits per heavy atom. The van der Waals surface area contributed by atoms with E-state index in [0.717, 1.165) is 11.0 Å². The summed E-state index contributed by atoms with van der Waals surface area (Å²) in [5, 5.41) is 3.49. The molecule has 0 unspecified atom stereocenters. The topological polar surface area (TPSA) is 24.9 Å². The molecule has 0 aliphatic heterocycles. The molecular weight excluding hydrogens is 276 g/mol. The van der Waals surface area contributed by atoms with E-state index in [1.54, 1.807) is 0 Å². The lowest BCUT2D eigenvalue weighted by molar-refractivity contribution is 0.574. The van der Waals surface area contributed by atoms with E-state index in [0.29, 0.717) is 6.04 Å². The quantitative estimate of drug-likeness (QED) is 0.929. The second kappa shape index (κ2) is 5.94. The van der Waals surface area contributed by atoms with Crippen LogP contribution in [0.1, 0.15) is 24.1 Å². The van der Waals surface area contributed by atoms with Gasteiger partial charge in [-0.15, -0.1) is 0 Å². The van der Waals surface area contributed by atoms with Gasteiger partial charge in [-0.25, -0.2) is 0 Å². The van der Waals surface area contributed by atoms with E-state index in [-0.39, 0.29) is 0 Å². The van der Waals surface area contributed by atoms with Gasteiger partial charge in [0.15, 0.2) is 0 Å². The highest BCUT2D eigenvalue weighted by Gasteiger charge is 2.04. The molecule has 0 amide bonds. The third-order valence-corrected chi connectivity index (χ3v) is 3.26. The molecule has 0 radical (unpaired) electrons. The molecule has 2 nitrogen and oxygen atoms in total. The van der Waals surface area contributed by atoms with Gasteiger partial charge in [0.1, 0.15) is 0 Å². The van der Waals surface area contributed by atoms with Crippen LogP contribution >= 0.6 is 15.9 Å². The first kappa shape index (κ1) is 12.3. The molecule has 17 heavy (non-hydrogen) atoms. The minimum absolute atomic E-state index is 0.344. The summed E-state index contributed by atoms with van der Waals surface area (Å²) in [6.07, 6.45) is 3.64. The van der Waals surface area contributed by atoms with Crippen molar-refractivity contribution >= 4 is 15.9 Å². The van der Waals surface area contributed by atoms with Gasteiger partial charge in [-0.3, -0.25) is 4.98 Å². The van der Waals surface area contributed by atoms with Gasteiger partial charge in [-0.1, -0.05) is 28.1 Å². The SMILES string of the molecule is C[C@H](NCc1ccncc1)c1ccc(Br)cc1. The normalized spacial score (nSPS) is 12.4. The van der Waals surface area contributed by atoms with E-state index >= 15 is 0 Å². The molecule has 1 heterocycles. The van der Waals surface area contributed by atoms with Crippen LogP contribution in [-0.2, 0) is 6.54 Å². The van der Waals surface area contributed by atoms with Crippen LogP contribution in [0.15, 0.2) is 53.3 Å². The molecule has 1 N–H and O–H groups in total. The fraction of sp³-hybridized carbons (Fsp3) is 0.214. The highest BCUT2D eigenvalue weighted by molar-refractivity contribution is 9.10. The maximum Gasteiger partial charge on any atom is 0.0294 e. The first-order chi connectivity index (χ1) is 8.25. The van der Waals surface area contributed by atoms with Crippen LogP contribution < -0.4 is 5.32 Å². The van der Waals surface area contributed by atoms with Gasteiger partial charge in [-0.2, -0.15) is 0 Å². The Hall–Kier alpha value is -1.19. The van der Waals surface area contributed by atoms with E-state index < -0.39 is 0 Å². The number of nitrogens with one attached hydrogen (secondary N) is 1. The lowest BCUT2D eigenvalue weighted by atomic mass is 10.1. The molecule has 2 rings (SSSR count). The molecule has 88 valence electrons. The van der Waals surface area contributed by atoms with Gasteiger partial charge in [0, 0.05) is 29.5 Å². The van der Waals surface area contributed by atoms with Crippen molar-refractivity contribution in [3.8, 4) is 0 Å². The monoisotopic (exact) mass is 290 g/mol. The van der Waals surface area contributed by atoms with Crippen LogP contribution in [-0.4, -0.2) is 4.98 Å². The minimum atomic E-state index is 0.344. The fourth-order valence-electron chi connectivity index (χ4n) is 1.64. The molecule has 2 aromatic rings. The Labute approximate surface area is 110 Å². The number of aromatic nitrogens is 1. The molecule has 0 bridgehead atoms. The van der Waals surface area contributed by atoms with E-state index in [1.165, 1.54) is 11.1 Å². The summed E-state index contributed by atoms with van der Waals surface area (Å²) in [7, 11) is 0. The van der Waals surface area contributed by atoms with Crippen LogP contribution in [0.3, 0.4) is 0 Å². The number of halogens is 1. The second-order valence-electron chi connectivity index (χ2n) is 4.01. The van der Waals surface area contributed by atoms with Crippen LogP contribution in [0.4, 0.5) is 0 Å². The molecule has 1 atom stereocenters. The number of nitrogens with zero attached hydrogens (tertiary/aromatic N) is 1. The molecule has 0 saturated heterocycles. The van der Waals surface area contributed by atoms with Gasteiger partial charge >= 0.3 is 0 Å². The minimum Gasteiger partial charge on any atom is -0.306 e. The molecule has 0 saturated carbocycles. The zero-order valence-electron chi connectivity index (χ0n) is 9.73. The largest absolute Gasteiger partial charge is 0.306 e. The third kappa shape index (κ3) is 3.65. The molecule has 0 fully saturated rings. The predicted octanol–water partition coefficient (Wildman–Crippen LogP) is 3.69. The average Bonchev–Trinajstić information content (AvgIpc) is 2.38. The fourth-order valence-corrected chi connectivity index (χ4v) is 1.91. The molecule has 0 aliphatic rings. The summed E-state index contributed by atoms with van der Waals surface area (Å²) in [5.41, 5.74) is 2.55. The first-order valence-electron chi connectivity index (χ1n) is 5.63. The zero-order valence-corrected chi connectivity index (χ0v) is 11.3. The van der Waals surface area contributed by atoms with Crippen molar-refractivity contribution in [3.63, 3.8) is 0 Å². The first-order valence-corrected chi connectivity index (χ1v) is 6.43. The van der Waals surface area contributed by atoms with Crippen molar-refractivity contribution in [1.82, 2.24) is 10.3 Å². The van der Waals surface area contributed by atoms with Gasteiger partial charge in [-0.05, 0) is 42.3 Å². The maximum absolute atomic E-state index is 4.01. The summed E-state index contributed by atoms with van der Waals surface area (Å²) < 4.78 is 1.11. The van der Waals surface area contributed by atoms with Crippen LogP contribution in [0, 0.1) is 0 Å². The molecule has 0 aliphatic carbocycles. The van der Waals surface area contributed by atoms with Crippen molar-refractivity contribution in [1.29, 1.82) is 0 Å². The summed E-state index contributed by atoms with van der Waals surface area (Å²) in [6.45, 7) is 3.03. The summed E-state index contributed by atoms with van der Waals surface area (Å²) in [4.78, 5) is 4.01. The second-order valence-corrected chi connectivity index (χ2v) is 4.93.